The summed E-state index contributed by atoms with van der Waals surface area (Å²) in [5.74, 6) is 0.193. The Morgan fingerprint density at radius 2 is 1.95 bits per heavy atom. The summed E-state index contributed by atoms with van der Waals surface area (Å²) in [6, 6.07) is 11.8. The molecule has 1 amide bonds. The van der Waals surface area contributed by atoms with Gasteiger partial charge in [-0.15, -0.1) is 11.3 Å². The Hall–Kier alpha value is -1.33. The number of nitrogens with zero attached hydrogens (tertiary/aromatic N) is 1. The van der Waals surface area contributed by atoms with Crippen LogP contribution in [-0.4, -0.2) is 17.4 Å². The van der Waals surface area contributed by atoms with Crippen molar-refractivity contribution < 1.29 is 4.79 Å². The van der Waals surface area contributed by atoms with E-state index in [1.807, 2.05) is 42.2 Å². The Morgan fingerprint density at radius 1 is 1.24 bits per heavy atom. The lowest BCUT2D eigenvalue weighted by atomic mass is 10.1. The molecule has 0 bridgehead atoms. The average molecular weight is 367 g/mol. The average Bonchev–Trinajstić information content (AvgIpc) is 2.89. The van der Waals surface area contributed by atoms with Crippen molar-refractivity contribution in [1.29, 1.82) is 0 Å². The second-order valence-electron chi connectivity index (χ2n) is 4.86. The molecule has 1 heterocycles. The molecule has 2 N–H and O–H groups in total. The van der Waals surface area contributed by atoms with Crippen molar-refractivity contribution in [1.82, 2.24) is 4.90 Å². The highest BCUT2D eigenvalue weighted by Gasteiger charge is 2.13. The van der Waals surface area contributed by atoms with E-state index >= 15 is 0 Å². The number of halogens is 1. The van der Waals surface area contributed by atoms with Crippen LogP contribution in [0, 0.1) is 0 Å². The van der Waals surface area contributed by atoms with Gasteiger partial charge in [0.2, 0.25) is 5.91 Å². The predicted molar refractivity (Wildman–Crippen MR) is 92.3 cm³/mol. The largest absolute Gasteiger partial charge is 0.399 e. The van der Waals surface area contributed by atoms with Crippen LogP contribution in [0.3, 0.4) is 0 Å². The number of thiophene rings is 1. The number of anilines is 1. The lowest BCUT2D eigenvalue weighted by Gasteiger charge is -2.20. The minimum atomic E-state index is 0.193. The van der Waals surface area contributed by atoms with Crippen LogP contribution in [-0.2, 0) is 17.8 Å². The van der Waals surface area contributed by atoms with E-state index in [0.29, 0.717) is 13.0 Å². The van der Waals surface area contributed by atoms with Crippen molar-refractivity contribution in [3.63, 3.8) is 0 Å². The van der Waals surface area contributed by atoms with E-state index in [1.54, 1.807) is 11.3 Å². The topological polar surface area (TPSA) is 46.3 Å². The second-order valence-corrected chi connectivity index (χ2v) is 7.40. The van der Waals surface area contributed by atoms with E-state index in [2.05, 4.69) is 22.0 Å². The van der Waals surface area contributed by atoms with Crippen LogP contribution >= 0.6 is 27.3 Å². The van der Waals surface area contributed by atoms with E-state index in [4.69, 9.17) is 5.73 Å². The first-order valence-electron chi connectivity index (χ1n) is 6.95. The monoisotopic (exact) mass is 366 g/mol. The van der Waals surface area contributed by atoms with E-state index < -0.39 is 0 Å². The number of nitrogens with two attached hydrogens (primary N) is 1. The molecule has 1 aromatic carbocycles. The number of carbonyl (C=O) groups is 1. The third-order valence-corrected chi connectivity index (χ3v) is 4.93. The van der Waals surface area contributed by atoms with Gasteiger partial charge in [0.25, 0.3) is 0 Å². The molecule has 2 rings (SSSR count). The maximum Gasteiger partial charge on any atom is 0.223 e. The standard InChI is InChI=1S/C16H19BrN2OS/c1-2-19(11-14-8-9-15(17)21-14)16(20)10-5-12-3-6-13(18)7-4-12/h3-4,6-9H,2,5,10-11,18H2,1H3. The van der Waals surface area contributed by atoms with Crippen LogP contribution in [0.15, 0.2) is 40.2 Å². The molecule has 112 valence electrons. The van der Waals surface area contributed by atoms with Gasteiger partial charge in [-0.3, -0.25) is 4.79 Å². The van der Waals surface area contributed by atoms with Gasteiger partial charge in [0.15, 0.2) is 0 Å². The van der Waals surface area contributed by atoms with E-state index in [9.17, 15) is 4.79 Å². The Balaban J connectivity index is 1.89. The first-order chi connectivity index (χ1) is 10.1. The number of rotatable bonds is 6. The Kier molecular flexibility index (Phi) is 5.82. The highest BCUT2D eigenvalue weighted by Crippen LogP contribution is 2.23. The Labute approximate surface area is 137 Å². The number of nitrogen functional groups attached to an aromatic ring is 1. The van der Waals surface area contributed by atoms with Gasteiger partial charge < -0.3 is 10.6 Å². The van der Waals surface area contributed by atoms with Crippen LogP contribution in [0.1, 0.15) is 23.8 Å². The van der Waals surface area contributed by atoms with Crippen LogP contribution in [0.4, 0.5) is 5.69 Å². The molecule has 2 aromatic rings. The summed E-state index contributed by atoms with van der Waals surface area (Å²) in [5, 5.41) is 0. The lowest BCUT2D eigenvalue weighted by molar-refractivity contribution is -0.131. The number of benzene rings is 1. The van der Waals surface area contributed by atoms with Crippen molar-refractivity contribution >= 4 is 38.9 Å². The summed E-state index contributed by atoms with van der Waals surface area (Å²) >= 11 is 5.13. The van der Waals surface area contributed by atoms with Gasteiger partial charge in [0, 0.05) is 23.5 Å². The van der Waals surface area contributed by atoms with Crippen LogP contribution < -0.4 is 5.73 Å². The zero-order chi connectivity index (χ0) is 15.2. The SMILES string of the molecule is CCN(Cc1ccc(Br)s1)C(=O)CCc1ccc(N)cc1. The molecule has 0 atom stereocenters. The minimum Gasteiger partial charge on any atom is -0.399 e. The summed E-state index contributed by atoms with van der Waals surface area (Å²) < 4.78 is 1.10. The molecule has 0 saturated carbocycles. The molecule has 0 aliphatic heterocycles. The first-order valence-corrected chi connectivity index (χ1v) is 8.56. The molecule has 5 heteroatoms. The highest BCUT2D eigenvalue weighted by atomic mass is 79.9. The molecule has 3 nitrogen and oxygen atoms in total. The molecular formula is C16H19BrN2OS. The van der Waals surface area contributed by atoms with Gasteiger partial charge in [-0.25, -0.2) is 0 Å². The van der Waals surface area contributed by atoms with Gasteiger partial charge in [0.05, 0.1) is 10.3 Å². The highest BCUT2D eigenvalue weighted by molar-refractivity contribution is 9.11. The zero-order valence-electron chi connectivity index (χ0n) is 12.0. The van der Waals surface area contributed by atoms with Gasteiger partial charge in [-0.05, 0) is 59.1 Å². The first kappa shape index (κ1) is 16.0. The Morgan fingerprint density at radius 3 is 2.52 bits per heavy atom. The van der Waals surface area contributed by atoms with Crippen molar-refractivity contribution in [3.05, 3.63) is 50.6 Å². The fraction of sp³-hybridized carbons (Fsp3) is 0.312. The fourth-order valence-electron chi connectivity index (χ4n) is 2.09. The molecule has 0 spiro atoms. The smallest absolute Gasteiger partial charge is 0.223 e. The lowest BCUT2D eigenvalue weighted by Crippen LogP contribution is -2.30. The maximum atomic E-state index is 12.3. The zero-order valence-corrected chi connectivity index (χ0v) is 14.4. The van der Waals surface area contributed by atoms with Crippen molar-refractivity contribution in [2.75, 3.05) is 12.3 Å². The summed E-state index contributed by atoms with van der Waals surface area (Å²) in [5.41, 5.74) is 7.56. The summed E-state index contributed by atoms with van der Waals surface area (Å²) in [6.07, 6.45) is 1.29. The molecule has 1 aromatic heterocycles. The third kappa shape index (κ3) is 4.86. The van der Waals surface area contributed by atoms with Gasteiger partial charge in [0.1, 0.15) is 0 Å². The molecule has 0 unspecified atom stereocenters. The van der Waals surface area contributed by atoms with Gasteiger partial charge in [-0.2, -0.15) is 0 Å². The molecule has 0 aliphatic rings. The molecule has 21 heavy (non-hydrogen) atoms. The minimum absolute atomic E-state index is 0.193. The summed E-state index contributed by atoms with van der Waals surface area (Å²) in [6.45, 7) is 3.44. The second kappa shape index (κ2) is 7.61. The third-order valence-electron chi connectivity index (χ3n) is 3.32. The van der Waals surface area contributed by atoms with E-state index in [-0.39, 0.29) is 5.91 Å². The number of aryl methyl sites for hydroxylation is 1. The van der Waals surface area contributed by atoms with Crippen molar-refractivity contribution in [2.24, 2.45) is 0 Å². The molecular weight excluding hydrogens is 348 g/mol. The summed E-state index contributed by atoms with van der Waals surface area (Å²) in [7, 11) is 0. The van der Waals surface area contributed by atoms with Crippen LogP contribution in [0.2, 0.25) is 0 Å². The van der Waals surface area contributed by atoms with Gasteiger partial charge in [-0.1, -0.05) is 12.1 Å². The van der Waals surface area contributed by atoms with Gasteiger partial charge >= 0.3 is 0 Å². The fourth-order valence-corrected chi connectivity index (χ4v) is 3.59. The van der Waals surface area contributed by atoms with Crippen molar-refractivity contribution in [2.45, 2.75) is 26.3 Å². The van der Waals surface area contributed by atoms with Crippen LogP contribution in [0.25, 0.3) is 0 Å². The summed E-state index contributed by atoms with van der Waals surface area (Å²) in [4.78, 5) is 15.4. The molecule has 0 saturated heterocycles. The van der Waals surface area contributed by atoms with Crippen molar-refractivity contribution in [3.8, 4) is 0 Å². The normalized spacial score (nSPS) is 10.6. The van der Waals surface area contributed by atoms with Crippen LogP contribution in [0.5, 0.6) is 0 Å². The number of amides is 1. The predicted octanol–water partition coefficient (Wildman–Crippen LogP) is 4.07. The number of hydrogen-bond donors (Lipinski definition) is 1. The molecule has 0 fully saturated rings. The maximum absolute atomic E-state index is 12.3. The molecule has 0 radical (unpaired) electrons. The Bertz CT molecular complexity index is 595. The quantitative estimate of drug-likeness (QED) is 0.783. The number of hydrogen-bond acceptors (Lipinski definition) is 3. The van der Waals surface area contributed by atoms with E-state index in [0.717, 1.165) is 28.0 Å². The van der Waals surface area contributed by atoms with E-state index in [1.165, 1.54) is 4.88 Å². The number of carbonyl (C=O) groups excluding carboxylic acids is 1. The molecule has 0 aliphatic carbocycles.